The fraction of sp³-hybridized carbons (Fsp3) is 0.350. The number of hydrogen-bond acceptors (Lipinski definition) is 5. The predicted octanol–water partition coefficient (Wildman–Crippen LogP) is 4.20. The molecule has 3 rings (SSSR count). The Bertz CT molecular complexity index is 1010. The number of benzene rings is 1. The van der Waals surface area contributed by atoms with Crippen LogP contribution >= 0.6 is 0 Å². The Kier molecular flexibility index (Phi) is 4.78. The fourth-order valence-corrected chi connectivity index (χ4v) is 2.85. The lowest BCUT2D eigenvalue weighted by atomic mass is 9.92. The van der Waals surface area contributed by atoms with Crippen LogP contribution in [0, 0.1) is 12.3 Å². The van der Waals surface area contributed by atoms with Crippen molar-refractivity contribution in [3.8, 4) is 0 Å². The molecule has 0 unspecified atom stereocenters. The Hall–Kier alpha value is -3.09. The van der Waals surface area contributed by atoms with E-state index in [1.807, 2.05) is 0 Å². The maximum Gasteiger partial charge on any atom is 0.311 e. The molecule has 2 heterocycles. The molecule has 0 fully saturated rings. The standard InChI is InChI=1S/C20H22N2O5/c1-11-10-26-15(8-17(23)24)18(11)19(25)21-12-5-6-14-13(7-12)22-16(27-14)9-20(2,3)4/h5-7,10H,8-9H2,1-4H3,(H,21,25)(H,23,24). The van der Waals surface area contributed by atoms with Crippen molar-refractivity contribution in [3.63, 3.8) is 0 Å². The van der Waals surface area contributed by atoms with Crippen LogP contribution in [0.15, 0.2) is 33.3 Å². The summed E-state index contributed by atoms with van der Waals surface area (Å²) in [6, 6.07) is 5.21. The first-order valence-electron chi connectivity index (χ1n) is 8.62. The van der Waals surface area contributed by atoms with Gasteiger partial charge in [0.15, 0.2) is 11.5 Å². The van der Waals surface area contributed by atoms with Gasteiger partial charge in [0.1, 0.15) is 17.7 Å². The third-order valence-corrected chi connectivity index (χ3v) is 3.96. The number of carboxylic acids is 1. The molecule has 0 saturated carbocycles. The van der Waals surface area contributed by atoms with Gasteiger partial charge in [0.05, 0.1) is 11.8 Å². The molecule has 0 atom stereocenters. The lowest BCUT2D eigenvalue weighted by Gasteiger charge is -2.14. The number of nitrogens with one attached hydrogen (secondary N) is 1. The number of carboxylic acid groups (broad SMARTS) is 1. The minimum absolute atomic E-state index is 0.0529. The molecule has 2 aromatic heterocycles. The van der Waals surface area contributed by atoms with Crippen LogP contribution in [-0.2, 0) is 17.6 Å². The first-order valence-corrected chi connectivity index (χ1v) is 8.62. The first-order chi connectivity index (χ1) is 12.6. The minimum Gasteiger partial charge on any atom is -0.481 e. The highest BCUT2D eigenvalue weighted by molar-refractivity contribution is 6.07. The minimum atomic E-state index is -1.06. The molecule has 2 N–H and O–H groups in total. The summed E-state index contributed by atoms with van der Waals surface area (Å²) in [7, 11) is 0. The Morgan fingerprint density at radius 3 is 2.67 bits per heavy atom. The number of amides is 1. The van der Waals surface area contributed by atoms with E-state index in [0.29, 0.717) is 34.7 Å². The lowest BCUT2D eigenvalue weighted by molar-refractivity contribution is -0.136. The Morgan fingerprint density at radius 1 is 1.26 bits per heavy atom. The molecule has 0 aliphatic carbocycles. The van der Waals surface area contributed by atoms with Gasteiger partial charge in [0.25, 0.3) is 5.91 Å². The summed E-state index contributed by atoms with van der Waals surface area (Å²) in [5.74, 6) is -0.702. The monoisotopic (exact) mass is 370 g/mol. The van der Waals surface area contributed by atoms with Gasteiger partial charge < -0.3 is 19.3 Å². The van der Waals surface area contributed by atoms with E-state index in [9.17, 15) is 9.59 Å². The third-order valence-electron chi connectivity index (χ3n) is 3.96. The van der Waals surface area contributed by atoms with Gasteiger partial charge in [-0.25, -0.2) is 4.98 Å². The van der Waals surface area contributed by atoms with Crippen molar-refractivity contribution in [2.45, 2.75) is 40.5 Å². The molecule has 3 aromatic rings. The number of hydrogen-bond donors (Lipinski definition) is 2. The molecule has 0 radical (unpaired) electrons. The van der Waals surface area contributed by atoms with Gasteiger partial charge in [-0.2, -0.15) is 0 Å². The lowest BCUT2D eigenvalue weighted by Crippen LogP contribution is -2.15. The number of rotatable bonds is 5. The molecule has 0 aliphatic rings. The largest absolute Gasteiger partial charge is 0.481 e. The van der Waals surface area contributed by atoms with E-state index >= 15 is 0 Å². The van der Waals surface area contributed by atoms with Crippen molar-refractivity contribution < 1.29 is 23.5 Å². The van der Waals surface area contributed by atoms with Crippen LogP contribution in [0.5, 0.6) is 0 Å². The van der Waals surface area contributed by atoms with E-state index in [0.717, 1.165) is 0 Å². The predicted molar refractivity (Wildman–Crippen MR) is 99.9 cm³/mol. The highest BCUT2D eigenvalue weighted by atomic mass is 16.4. The van der Waals surface area contributed by atoms with E-state index in [-0.39, 0.29) is 23.2 Å². The van der Waals surface area contributed by atoms with Crippen LogP contribution in [0.2, 0.25) is 0 Å². The quantitative estimate of drug-likeness (QED) is 0.697. The summed E-state index contributed by atoms with van der Waals surface area (Å²) >= 11 is 0. The molecule has 1 amide bonds. The van der Waals surface area contributed by atoms with Crippen molar-refractivity contribution in [3.05, 3.63) is 47.2 Å². The second-order valence-electron chi connectivity index (χ2n) is 7.77. The number of anilines is 1. The molecular weight excluding hydrogens is 348 g/mol. The summed E-state index contributed by atoms with van der Waals surface area (Å²) in [4.78, 5) is 28.1. The highest BCUT2D eigenvalue weighted by Gasteiger charge is 2.21. The molecule has 27 heavy (non-hydrogen) atoms. The van der Waals surface area contributed by atoms with E-state index in [1.165, 1.54) is 6.26 Å². The zero-order valence-corrected chi connectivity index (χ0v) is 15.8. The summed E-state index contributed by atoms with van der Waals surface area (Å²) in [5.41, 5.74) is 2.73. The zero-order valence-electron chi connectivity index (χ0n) is 15.8. The van der Waals surface area contributed by atoms with Crippen LogP contribution in [0.3, 0.4) is 0 Å². The molecule has 0 saturated heterocycles. The maximum absolute atomic E-state index is 12.6. The first kappa shape index (κ1) is 18.7. The Balaban J connectivity index is 1.83. The van der Waals surface area contributed by atoms with Crippen molar-refractivity contribution >= 4 is 28.7 Å². The number of aliphatic carboxylic acids is 1. The molecule has 0 aliphatic heterocycles. The van der Waals surface area contributed by atoms with Crippen LogP contribution in [-0.4, -0.2) is 22.0 Å². The highest BCUT2D eigenvalue weighted by Crippen LogP contribution is 2.26. The SMILES string of the molecule is Cc1coc(CC(=O)O)c1C(=O)Nc1ccc2oc(CC(C)(C)C)nc2c1. The van der Waals surface area contributed by atoms with E-state index in [2.05, 4.69) is 31.1 Å². The topological polar surface area (TPSA) is 106 Å². The number of aryl methyl sites for hydroxylation is 1. The van der Waals surface area contributed by atoms with Crippen LogP contribution in [0.1, 0.15) is 48.3 Å². The van der Waals surface area contributed by atoms with Crippen LogP contribution in [0.25, 0.3) is 11.1 Å². The molecule has 0 spiro atoms. The summed E-state index contributed by atoms with van der Waals surface area (Å²) in [5, 5.41) is 11.7. The van der Waals surface area contributed by atoms with Crippen LogP contribution in [0.4, 0.5) is 5.69 Å². The van der Waals surface area contributed by atoms with Gasteiger partial charge in [-0.1, -0.05) is 20.8 Å². The second-order valence-corrected chi connectivity index (χ2v) is 7.77. The average Bonchev–Trinajstić information content (AvgIpc) is 3.07. The van der Waals surface area contributed by atoms with Gasteiger partial charge in [-0.05, 0) is 30.5 Å². The second kappa shape index (κ2) is 6.90. The maximum atomic E-state index is 12.6. The molecular formula is C20H22N2O5. The molecule has 1 aromatic carbocycles. The van der Waals surface area contributed by atoms with Gasteiger partial charge in [-0.3, -0.25) is 9.59 Å². The van der Waals surface area contributed by atoms with Crippen molar-refractivity contribution in [2.24, 2.45) is 5.41 Å². The van der Waals surface area contributed by atoms with Gasteiger partial charge >= 0.3 is 5.97 Å². The van der Waals surface area contributed by atoms with Crippen molar-refractivity contribution in [2.75, 3.05) is 5.32 Å². The summed E-state index contributed by atoms with van der Waals surface area (Å²) in [6.07, 6.45) is 1.73. The molecule has 7 nitrogen and oxygen atoms in total. The van der Waals surface area contributed by atoms with E-state index < -0.39 is 11.9 Å². The van der Waals surface area contributed by atoms with Crippen molar-refractivity contribution in [1.82, 2.24) is 4.98 Å². The van der Waals surface area contributed by atoms with Gasteiger partial charge in [-0.15, -0.1) is 0 Å². The summed E-state index contributed by atoms with van der Waals surface area (Å²) in [6.45, 7) is 8.02. The molecule has 7 heteroatoms. The number of nitrogens with zero attached hydrogens (tertiary/aromatic N) is 1. The number of carbonyl (C=O) groups is 2. The number of oxazole rings is 1. The summed E-state index contributed by atoms with van der Waals surface area (Å²) < 4.78 is 11.0. The Morgan fingerprint density at radius 2 is 2.00 bits per heavy atom. The van der Waals surface area contributed by atoms with Gasteiger partial charge in [0, 0.05) is 17.7 Å². The van der Waals surface area contributed by atoms with Crippen molar-refractivity contribution in [1.29, 1.82) is 0 Å². The molecule has 0 bridgehead atoms. The molecule has 142 valence electrons. The number of furan rings is 1. The fourth-order valence-electron chi connectivity index (χ4n) is 2.85. The average molecular weight is 370 g/mol. The number of carbonyl (C=O) groups excluding carboxylic acids is 1. The normalized spacial score (nSPS) is 11.7. The van der Waals surface area contributed by atoms with E-state index in [4.69, 9.17) is 13.9 Å². The third kappa shape index (κ3) is 4.36. The van der Waals surface area contributed by atoms with Crippen LogP contribution < -0.4 is 5.32 Å². The smallest absolute Gasteiger partial charge is 0.311 e. The number of fused-ring (bicyclic) bond motifs is 1. The number of aromatic nitrogens is 1. The Labute approximate surface area is 156 Å². The van der Waals surface area contributed by atoms with E-state index in [1.54, 1.807) is 25.1 Å². The zero-order chi connectivity index (χ0) is 19.8. The van der Waals surface area contributed by atoms with Gasteiger partial charge in [0.2, 0.25) is 0 Å².